The number of amides is 1. The SMILES string of the molecule is COc1ccc(CC(C)NC(=O)C2CCCC(C(=O)O)C2)cc1OC. The van der Waals surface area contributed by atoms with Crippen LogP contribution in [-0.4, -0.2) is 37.2 Å². The van der Waals surface area contributed by atoms with Crippen LogP contribution in [0.25, 0.3) is 0 Å². The zero-order chi connectivity index (χ0) is 18.4. The van der Waals surface area contributed by atoms with Gasteiger partial charge in [-0.3, -0.25) is 9.59 Å². The summed E-state index contributed by atoms with van der Waals surface area (Å²) in [6.45, 7) is 1.95. The van der Waals surface area contributed by atoms with Gasteiger partial charge in [0, 0.05) is 12.0 Å². The largest absolute Gasteiger partial charge is 0.493 e. The summed E-state index contributed by atoms with van der Waals surface area (Å²) in [4.78, 5) is 23.6. The highest BCUT2D eigenvalue weighted by Crippen LogP contribution is 2.30. The molecule has 1 fully saturated rings. The number of rotatable bonds is 7. The molecule has 0 bridgehead atoms. The molecule has 0 radical (unpaired) electrons. The van der Waals surface area contributed by atoms with Gasteiger partial charge in [-0.15, -0.1) is 0 Å². The molecule has 6 heteroatoms. The summed E-state index contributed by atoms with van der Waals surface area (Å²) in [7, 11) is 3.18. The van der Waals surface area contributed by atoms with E-state index in [-0.39, 0.29) is 17.9 Å². The summed E-state index contributed by atoms with van der Waals surface area (Å²) in [5.74, 6) is -0.108. The molecule has 1 amide bonds. The zero-order valence-electron chi connectivity index (χ0n) is 15.1. The molecule has 1 aliphatic carbocycles. The third-order valence-corrected chi connectivity index (χ3v) is 4.77. The van der Waals surface area contributed by atoms with Crippen LogP contribution in [0, 0.1) is 11.8 Å². The number of carbonyl (C=O) groups is 2. The van der Waals surface area contributed by atoms with Crippen LogP contribution in [0.2, 0.25) is 0 Å². The van der Waals surface area contributed by atoms with E-state index >= 15 is 0 Å². The Labute approximate surface area is 148 Å². The molecular weight excluding hydrogens is 322 g/mol. The lowest BCUT2D eigenvalue weighted by molar-refractivity contribution is -0.144. The number of methoxy groups -OCH3 is 2. The molecule has 0 spiro atoms. The molecule has 0 heterocycles. The fourth-order valence-electron chi connectivity index (χ4n) is 3.43. The van der Waals surface area contributed by atoms with E-state index in [1.807, 2.05) is 25.1 Å². The first-order valence-corrected chi connectivity index (χ1v) is 8.68. The van der Waals surface area contributed by atoms with Gasteiger partial charge < -0.3 is 19.9 Å². The molecule has 2 N–H and O–H groups in total. The van der Waals surface area contributed by atoms with Crippen molar-refractivity contribution in [1.82, 2.24) is 5.32 Å². The Morgan fingerprint density at radius 3 is 2.52 bits per heavy atom. The highest BCUT2D eigenvalue weighted by atomic mass is 16.5. The Morgan fingerprint density at radius 1 is 1.20 bits per heavy atom. The number of benzene rings is 1. The maximum absolute atomic E-state index is 12.4. The zero-order valence-corrected chi connectivity index (χ0v) is 15.1. The highest BCUT2D eigenvalue weighted by Gasteiger charge is 2.31. The maximum Gasteiger partial charge on any atom is 0.306 e. The normalized spacial score (nSPS) is 21.2. The Morgan fingerprint density at radius 2 is 1.88 bits per heavy atom. The van der Waals surface area contributed by atoms with Gasteiger partial charge in [-0.2, -0.15) is 0 Å². The minimum Gasteiger partial charge on any atom is -0.493 e. The number of carboxylic acid groups (broad SMARTS) is 1. The summed E-state index contributed by atoms with van der Waals surface area (Å²) in [6.07, 6.45) is 3.32. The number of carboxylic acids is 1. The summed E-state index contributed by atoms with van der Waals surface area (Å²) < 4.78 is 10.5. The summed E-state index contributed by atoms with van der Waals surface area (Å²) >= 11 is 0. The van der Waals surface area contributed by atoms with Gasteiger partial charge in [0.15, 0.2) is 11.5 Å². The molecule has 3 atom stereocenters. The standard InChI is InChI=1S/C19H27NO5/c1-12(9-13-7-8-16(24-2)17(10-13)25-3)20-18(21)14-5-4-6-15(11-14)19(22)23/h7-8,10,12,14-15H,4-6,9,11H2,1-3H3,(H,20,21)(H,22,23). The number of hydrogen-bond acceptors (Lipinski definition) is 4. The van der Waals surface area contributed by atoms with Crippen molar-refractivity contribution in [3.63, 3.8) is 0 Å². The van der Waals surface area contributed by atoms with Crippen LogP contribution >= 0.6 is 0 Å². The second-order valence-corrected chi connectivity index (χ2v) is 6.70. The first kappa shape index (κ1) is 19.1. The Kier molecular flexibility index (Phi) is 6.67. The van der Waals surface area contributed by atoms with Gasteiger partial charge in [-0.1, -0.05) is 12.5 Å². The topological polar surface area (TPSA) is 84.9 Å². The van der Waals surface area contributed by atoms with Crippen LogP contribution in [0.4, 0.5) is 0 Å². The molecule has 25 heavy (non-hydrogen) atoms. The number of nitrogens with one attached hydrogen (secondary N) is 1. The van der Waals surface area contributed by atoms with Crippen molar-refractivity contribution < 1.29 is 24.2 Å². The third-order valence-electron chi connectivity index (χ3n) is 4.77. The second kappa shape index (κ2) is 8.74. The van der Waals surface area contributed by atoms with Gasteiger partial charge in [0.05, 0.1) is 20.1 Å². The van der Waals surface area contributed by atoms with Crippen molar-refractivity contribution in [2.45, 2.75) is 45.1 Å². The van der Waals surface area contributed by atoms with Crippen molar-refractivity contribution in [2.75, 3.05) is 14.2 Å². The molecule has 6 nitrogen and oxygen atoms in total. The molecular formula is C19H27NO5. The van der Waals surface area contributed by atoms with Gasteiger partial charge in [0.2, 0.25) is 5.91 Å². The quantitative estimate of drug-likeness (QED) is 0.790. The Bertz CT molecular complexity index is 616. The van der Waals surface area contributed by atoms with Crippen molar-refractivity contribution in [1.29, 1.82) is 0 Å². The second-order valence-electron chi connectivity index (χ2n) is 6.70. The summed E-state index contributed by atoms with van der Waals surface area (Å²) in [5.41, 5.74) is 1.04. The molecule has 0 aliphatic heterocycles. The van der Waals surface area contributed by atoms with Gasteiger partial charge in [0.25, 0.3) is 0 Å². The number of ether oxygens (including phenoxy) is 2. The van der Waals surface area contributed by atoms with E-state index in [0.29, 0.717) is 30.8 Å². The van der Waals surface area contributed by atoms with Crippen molar-refractivity contribution in [3.05, 3.63) is 23.8 Å². The average molecular weight is 349 g/mol. The van der Waals surface area contributed by atoms with Crippen LogP contribution in [0.1, 0.15) is 38.2 Å². The first-order valence-electron chi connectivity index (χ1n) is 8.68. The minimum atomic E-state index is -0.795. The van der Waals surface area contributed by atoms with E-state index in [4.69, 9.17) is 14.6 Å². The van der Waals surface area contributed by atoms with E-state index in [0.717, 1.165) is 18.4 Å². The van der Waals surface area contributed by atoms with Gasteiger partial charge in [-0.25, -0.2) is 0 Å². The number of aliphatic carboxylic acids is 1. The maximum atomic E-state index is 12.4. The molecule has 3 unspecified atom stereocenters. The van der Waals surface area contributed by atoms with E-state index < -0.39 is 11.9 Å². The van der Waals surface area contributed by atoms with E-state index in [9.17, 15) is 9.59 Å². The predicted octanol–water partition coefficient (Wildman–Crippen LogP) is 2.64. The molecule has 1 saturated carbocycles. The minimum absolute atomic E-state index is 0.0427. The summed E-state index contributed by atoms with van der Waals surface area (Å²) in [5, 5.41) is 12.2. The predicted molar refractivity (Wildman–Crippen MR) is 93.9 cm³/mol. The Hall–Kier alpha value is -2.24. The van der Waals surface area contributed by atoms with Crippen LogP contribution < -0.4 is 14.8 Å². The van der Waals surface area contributed by atoms with Crippen LogP contribution in [0.3, 0.4) is 0 Å². The molecule has 0 saturated heterocycles. The van der Waals surface area contributed by atoms with Gasteiger partial charge >= 0.3 is 5.97 Å². The van der Waals surface area contributed by atoms with Crippen LogP contribution in [0.5, 0.6) is 11.5 Å². The summed E-state index contributed by atoms with van der Waals surface area (Å²) in [6, 6.07) is 5.66. The Balaban J connectivity index is 1.92. The third kappa shape index (κ3) is 5.11. The molecule has 0 aromatic heterocycles. The molecule has 1 aromatic carbocycles. The van der Waals surface area contributed by atoms with Crippen molar-refractivity contribution in [3.8, 4) is 11.5 Å². The lowest BCUT2D eigenvalue weighted by atomic mass is 9.81. The highest BCUT2D eigenvalue weighted by molar-refractivity contribution is 5.80. The number of carbonyl (C=O) groups excluding carboxylic acids is 1. The van der Waals surface area contributed by atoms with E-state index in [2.05, 4.69) is 5.32 Å². The first-order chi connectivity index (χ1) is 11.9. The molecule has 1 aromatic rings. The fourth-order valence-corrected chi connectivity index (χ4v) is 3.43. The fraction of sp³-hybridized carbons (Fsp3) is 0.579. The van der Waals surface area contributed by atoms with Crippen molar-refractivity contribution in [2.24, 2.45) is 11.8 Å². The number of hydrogen-bond donors (Lipinski definition) is 2. The molecule has 2 rings (SSSR count). The van der Waals surface area contributed by atoms with Crippen LogP contribution in [0.15, 0.2) is 18.2 Å². The van der Waals surface area contributed by atoms with E-state index in [1.165, 1.54) is 0 Å². The van der Waals surface area contributed by atoms with Gasteiger partial charge in [-0.05, 0) is 50.3 Å². The van der Waals surface area contributed by atoms with Crippen LogP contribution in [-0.2, 0) is 16.0 Å². The molecule has 1 aliphatic rings. The van der Waals surface area contributed by atoms with E-state index in [1.54, 1.807) is 14.2 Å². The lowest BCUT2D eigenvalue weighted by Gasteiger charge is -2.27. The smallest absolute Gasteiger partial charge is 0.306 e. The monoisotopic (exact) mass is 349 g/mol. The van der Waals surface area contributed by atoms with Gasteiger partial charge in [0.1, 0.15) is 0 Å². The molecule has 138 valence electrons. The lowest BCUT2D eigenvalue weighted by Crippen LogP contribution is -2.40. The average Bonchev–Trinajstić information content (AvgIpc) is 2.61. The van der Waals surface area contributed by atoms with Crippen molar-refractivity contribution >= 4 is 11.9 Å².